The van der Waals surface area contributed by atoms with Crippen molar-refractivity contribution >= 4 is 10.4 Å². The number of hydrogen-bond donors (Lipinski definition) is 0. The minimum atomic E-state index is -3.98. The van der Waals surface area contributed by atoms with Gasteiger partial charge >= 0.3 is 10.4 Å². The normalized spacial score (nSPS) is 42.2. The van der Waals surface area contributed by atoms with Crippen LogP contribution in [-0.4, -0.2) is 38.6 Å². The zero-order valence-electron chi connectivity index (χ0n) is 11.1. The summed E-state index contributed by atoms with van der Waals surface area (Å²) in [6, 6.07) is 0. The molecule has 0 spiro atoms. The third-order valence-corrected chi connectivity index (χ3v) is 4.15. The van der Waals surface area contributed by atoms with Crippen LogP contribution >= 0.6 is 0 Å². The van der Waals surface area contributed by atoms with Crippen molar-refractivity contribution in [2.45, 2.75) is 70.7 Å². The topological polar surface area (TPSA) is 71.1 Å². The highest BCUT2D eigenvalue weighted by molar-refractivity contribution is 7.81. The van der Waals surface area contributed by atoms with E-state index in [0.717, 1.165) is 0 Å². The van der Waals surface area contributed by atoms with Crippen molar-refractivity contribution < 1.29 is 26.3 Å². The van der Waals surface area contributed by atoms with Crippen molar-refractivity contribution in [3.8, 4) is 0 Å². The van der Waals surface area contributed by atoms with E-state index in [1.54, 1.807) is 13.8 Å². The summed E-state index contributed by atoms with van der Waals surface area (Å²) in [5.41, 5.74) is 0. The van der Waals surface area contributed by atoms with Crippen LogP contribution in [-0.2, 0) is 28.2 Å². The van der Waals surface area contributed by atoms with Gasteiger partial charge in [0.05, 0.1) is 0 Å². The Hall–Kier alpha value is -0.210. The van der Waals surface area contributed by atoms with Crippen molar-refractivity contribution in [2.75, 3.05) is 0 Å². The van der Waals surface area contributed by atoms with Gasteiger partial charge in [-0.15, -0.1) is 0 Å². The first-order chi connectivity index (χ1) is 8.28. The SMILES string of the molecule is CC[C@H]1OS(=O)(=O)O[C@H](CC)[C@H]2OC(C)(C)O[C@@H]21. The predicted octanol–water partition coefficient (Wildman–Crippen LogP) is 1.36. The van der Waals surface area contributed by atoms with Gasteiger partial charge in [-0.3, -0.25) is 0 Å². The summed E-state index contributed by atoms with van der Waals surface area (Å²) in [7, 11) is -3.98. The lowest BCUT2D eigenvalue weighted by Crippen LogP contribution is -2.40. The Morgan fingerprint density at radius 2 is 1.33 bits per heavy atom. The average Bonchev–Trinajstić information content (AvgIpc) is 2.54. The van der Waals surface area contributed by atoms with E-state index in [0.29, 0.717) is 12.8 Å². The fourth-order valence-corrected chi connectivity index (χ4v) is 3.57. The lowest BCUT2D eigenvalue weighted by atomic mass is 10.0. The fourth-order valence-electron chi connectivity index (χ4n) is 2.43. The van der Waals surface area contributed by atoms with Crippen molar-refractivity contribution in [1.29, 1.82) is 0 Å². The highest BCUT2D eigenvalue weighted by Crippen LogP contribution is 2.38. The monoisotopic (exact) mass is 280 g/mol. The second kappa shape index (κ2) is 4.72. The molecular weight excluding hydrogens is 260 g/mol. The van der Waals surface area contributed by atoms with E-state index < -0.39 is 40.6 Å². The Kier molecular flexibility index (Phi) is 3.72. The maximum atomic E-state index is 11.6. The Labute approximate surface area is 108 Å². The van der Waals surface area contributed by atoms with E-state index >= 15 is 0 Å². The lowest BCUT2D eigenvalue weighted by Gasteiger charge is -2.22. The summed E-state index contributed by atoms with van der Waals surface area (Å²) < 4.78 is 44.9. The van der Waals surface area contributed by atoms with Crippen molar-refractivity contribution in [2.24, 2.45) is 0 Å². The summed E-state index contributed by atoms with van der Waals surface area (Å²) >= 11 is 0. The van der Waals surface area contributed by atoms with Crippen LogP contribution in [0, 0.1) is 0 Å². The van der Waals surface area contributed by atoms with E-state index in [-0.39, 0.29) is 0 Å². The predicted molar refractivity (Wildman–Crippen MR) is 63.1 cm³/mol. The lowest BCUT2D eigenvalue weighted by molar-refractivity contribution is -0.162. The first kappa shape index (κ1) is 14.2. The van der Waals surface area contributed by atoms with Gasteiger partial charge in [0, 0.05) is 0 Å². The summed E-state index contributed by atoms with van der Waals surface area (Å²) in [6.07, 6.45) is -0.963. The van der Waals surface area contributed by atoms with Gasteiger partial charge in [0.1, 0.15) is 24.4 Å². The molecule has 2 saturated heterocycles. The largest absolute Gasteiger partial charge is 0.400 e. The third-order valence-electron chi connectivity index (χ3n) is 3.18. The van der Waals surface area contributed by atoms with E-state index in [2.05, 4.69) is 0 Å². The van der Waals surface area contributed by atoms with Crippen LogP contribution in [0.3, 0.4) is 0 Å². The second-order valence-electron chi connectivity index (χ2n) is 5.06. The van der Waals surface area contributed by atoms with Crippen molar-refractivity contribution in [3.63, 3.8) is 0 Å². The molecule has 0 bridgehead atoms. The standard InChI is InChI=1S/C11H20O6S/c1-5-7-9-10(15-11(3,4)14-9)8(6-2)17-18(12,13)16-7/h7-10H,5-6H2,1-4H3/t7-,8-,9-,10-/m1/s1. The highest BCUT2D eigenvalue weighted by Gasteiger charge is 2.52. The molecule has 0 aromatic heterocycles. The Bertz CT molecular complexity index is 374. The Morgan fingerprint density at radius 3 is 1.67 bits per heavy atom. The van der Waals surface area contributed by atoms with Crippen molar-refractivity contribution in [3.05, 3.63) is 0 Å². The van der Waals surface area contributed by atoms with Crippen LogP contribution in [0.1, 0.15) is 40.5 Å². The molecule has 18 heavy (non-hydrogen) atoms. The molecule has 0 aromatic rings. The minimum Gasteiger partial charge on any atom is -0.342 e. The van der Waals surface area contributed by atoms with Gasteiger partial charge < -0.3 is 9.47 Å². The molecule has 2 aliphatic heterocycles. The van der Waals surface area contributed by atoms with E-state index in [9.17, 15) is 8.42 Å². The van der Waals surface area contributed by atoms with Crippen LogP contribution in [0.4, 0.5) is 0 Å². The molecule has 0 radical (unpaired) electrons. The second-order valence-corrected chi connectivity index (χ2v) is 6.26. The van der Waals surface area contributed by atoms with E-state index in [1.165, 1.54) is 0 Å². The molecule has 7 heteroatoms. The molecule has 2 rings (SSSR count). The van der Waals surface area contributed by atoms with Crippen molar-refractivity contribution in [1.82, 2.24) is 0 Å². The first-order valence-corrected chi connectivity index (χ1v) is 7.58. The van der Waals surface area contributed by atoms with Gasteiger partial charge in [-0.2, -0.15) is 8.42 Å². The molecule has 2 heterocycles. The molecule has 106 valence electrons. The molecule has 0 aromatic carbocycles. The molecule has 6 nitrogen and oxygen atoms in total. The van der Waals surface area contributed by atoms with Gasteiger partial charge in [-0.25, -0.2) is 8.37 Å². The summed E-state index contributed by atoms with van der Waals surface area (Å²) in [4.78, 5) is 0. The molecule has 4 atom stereocenters. The van der Waals surface area contributed by atoms with Gasteiger partial charge in [0.2, 0.25) is 0 Å². The van der Waals surface area contributed by atoms with Crippen LogP contribution in [0.2, 0.25) is 0 Å². The van der Waals surface area contributed by atoms with Crippen LogP contribution in [0.15, 0.2) is 0 Å². The number of rotatable bonds is 2. The molecule has 2 aliphatic rings. The number of hydrogen-bond acceptors (Lipinski definition) is 6. The van der Waals surface area contributed by atoms with Crippen LogP contribution < -0.4 is 0 Å². The highest BCUT2D eigenvalue weighted by atomic mass is 32.3. The van der Waals surface area contributed by atoms with E-state index in [4.69, 9.17) is 17.8 Å². The quantitative estimate of drug-likeness (QED) is 0.760. The van der Waals surface area contributed by atoms with Crippen LogP contribution in [0.5, 0.6) is 0 Å². The van der Waals surface area contributed by atoms with Crippen LogP contribution in [0.25, 0.3) is 0 Å². The maximum Gasteiger partial charge on any atom is 0.400 e. The summed E-state index contributed by atoms with van der Waals surface area (Å²) in [6.45, 7) is 7.29. The third kappa shape index (κ3) is 2.70. The minimum absolute atomic E-state index is 0.424. The Balaban J connectivity index is 2.33. The summed E-state index contributed by atoms with van der Waals surface area (Å²) in [5, 5.41) is 0. The first-order valence-electron chi connectivity index (χ1n) is 6.25. The number of fused-ring (bicyclic) bond motifs is 1. The number of ether oxygens (including phenoxy) is 2. The van der Waals surface area contributed by atoms with Gasteiger partial charge in [-0.1, -0.05) is 13.8 Å². The molecular formula is C11H20O6S. The zero-order chi connectivity index (χ0) is 13.6. The molecule has 0 amide bonds. The molecule has 0 aliphatic carbocycles. The van der Waals surface area contributed by atoms with Gasteiger partial charge in [-0.05, 0) is 26.7 Å². The smallest absolute Gasteiger partial charge is 0.342 e. The Morgan fingerprint density at radius 1 is 0.944 bits per heavy atom. The van der Waals surface area contributed by atoms with Gasteiger partial charge in [0.25, 0.3) is 0 Å². The van der Waals surface area contributed by atoms with E-state index in [1.807, 2.05) is 13.8 Å². The molecule has 0 saturated carbocycles. The maximum absolute atomic E-state index is 11.6. The molecule has 2 fully saturated rings. The fraction of sp³-hybridized carbons (Fsp3) is 1.00. The molecule has 0 N–H and O–H groups in total. The van der Waals surface area contributed by atoms with Gasteiger partial charge in [0.15, 0.2) is 5.79 Å². The zero-order valence-corrected chi connectivity index (χ0v) is 11.9. The molecule has 0 unspecified atom stereocenters. The average molecular weight is 280 g/mol. The summed E-state index contributed by atoms with van der Waals surface area (Å²) in [5.74, 6) is -0.746.